The number of hydrogen-bond donors (Lipinski definition) is 19. The van der Waals surface area contributed by atoms with Gasteiger partial charge in [0.25, 0.3) is 0 Å². The van der Waals surface area contributed by atoms with Crippen molar-refractivity contribution in [3.05, 3.63) is 29.8 Å². The van der Waals surface area contributed by atoms with Gasteiger partial charge in [0, 0.05) is 6.42 Å². The maximum absolute atomic E-state index is 13.8. The number of nitrogens with one attached hydrogen (secondary N) is 5. The molecular weight excluding hydrogens is 1050 g/mol. The Balaban J connectivity index is 1.35. The Hall–Kier alpha value is -4.84. The Bertz CT molecular complexity index is 2120. The minimum Gasteiger partial charge on any atom is -0.508 e. The maximum atomic E-state index is 13.8. The lowest BCUT2D eigenvalue weighted by atomic mass is 9.91. The van der Waals surface area contributed by atoms with Gasteiger partial charge in [-0.3, -0.25) is 28.8 Å². The average molecular weight is 1140 g/mol. The van der Waals surface area contributed by atoms with Crippen LogP contribution in [0.5, 0.6) is 5.75 Å². The van der Waals surface area contributed by atoms with Gasteiger partial charge in [0.15, 0.2) is 12.6 Å². The van der Waals surface area contributed by atoms with Gasteiger partial charge in [-0.15, -0.1) is 0 Å². The molecule has 0 aliphatic carbocycles. The highest BCUT2D eigenvalue weighted by molar-refractivity contribution is 5.96. The minimum atomic E-state index is -2.04. The van der Waals surface area contributed by atoms with Gasteiger partial charge >= 0.3 is 0 Å². The molecule has 0 aromatic heterocycles. The zero-order valence-electron chi connectivity index (χ0n) is 44.4. The molecule has 79 heavy (non-hydrogen) atoms. The number of phenols is 1. The number of rotatable bonds is 29. The first kappa shape index (κ1) is 66.7. The van der Waals surface area contributed by atoms with Gasteiger partial charge in [0.1, 0.15) is 109 Å². The molecule has 1 aromatic carbocycles. The lowest BCUT2D eigenvalue weighted by Crippen LogP contribution is -2.66. The summed E-state index contributed by atoms with van der Waals surface area (Å²) in [5, 5.41) is 128. The minimum absolute atomic E-state index is 0.0638. The molecule has 3 heterocycles. The summed E-state index contributed by atoms with van der Waals surface area (Å²) in [5.41, 5.74) is 17.8. The van der Waals surface area contributed by atoms with E-state index in [2.05, 4.69) is 26.6 Å². The fourth-order valence-corrected chi connectivity index (χ4v) is 9.03. The monoisotopic (exact) mass is 1130 g/mol. The van der Waals surface area contributed by atoms with Gasteiger partial charge in [-0.25, -0.2) is 0 Å². The SMILES string of the molecule is CCC(C)[C@H](NC(=O)[C@H](N)CC[C@@H]1O[C@H](CO)[C@@H](O[C@@H]2O[C@H](CO)[C@H](O[C@H]3O[C@H](CO)[C@H](O)[C@H](O)[C@H]3O)[C@H](O)[C@H]2O)[C@H](O)[C@H]1O)C(=O)N[C@@H](C)C(=O)N[C@@H](Cc1ccc(O)cc1)C(=O)N[C@@H](C)C(=O)N[C@@H](CCCCN)C(N)=O. The highest BCUT2D eigenvalue weighted by Crippen LogP contribution is 2.33. The summed E-state index contributed by atoms with van der Waals surface area (Å²) in [5.74, 6) is -5.40. The van der Waals surface area contributed by atoms with Crippen LogP contribution < -0.4 is 43.8 Å². The Kier molecular flexibility index (Phi) is 26.5. The summed E-state index contributed by atoms with van der Waals surface area (Å²) in [6.07, 6.45) is -24.9. The zero-order valence-corrected chi connectivity index (χ0v) is 44.4. The topological polar surface area (TPSA) is 509 Å². The normalized spacial score (nSPS) is 31.7. The van der Waals surface area contributed by atoms with Crippen molar-refractivity contribution in [3.63, 3.8) is 0 Å². The van der Waals surface area contributed by atoms with Crippen molar-refractivity contribution in [3.8, 4) is 5.75 Å². The van der Waals surface area contributed by atoms with Crippen LogP contribution in [0.25, 0.3) is 0 Å². The molecule has 1 unspecified atom stereocenters. The van der Waals surface area contributed by atoms with Crippen molar-refractivity contribution in [2.75, 3.05) is 26.4 Å². The van der Waals surface area contributed by atoms with Crippen molar-refractivity contribution in [1.82, 2.24) is 26.6 Å². The Morgan fingerprint density at radius 1 is 0.582 bits per heavy atom. The number of aliphatic hydroxyl groups is 10. The van der Waals surface area contributed by atoms with Crippen LogP contribution in [0.1, 0.15) is 71.8 Å². The van der Waals surface area contributed by atoms with E-state index in [1.807, 2.05) is 0 Å². The molecule has 3 aliphatic heterocycles. The molecule has 30 nitrogen and oxygen atoms in total. The van der Waals surface area contributed by atoms with Crippen molar-refractivity contribution in [2.45, 2.75) is 201 Å². The first-order chi connectivity index (χ1) is 37.3. The van der Waals surface area contributed by atoms with Crippen LogP contribution in [0.4, 0.5) is 0 Å². The standard InChI is InChI=1S/C49H82N8O22/c1-5-20(2)32(47(74)54-22(4)44(71)56-27(16-23-9-11-24(61)12-10-23)46(73)53-21(3)43(70)55-26(42(52)69)8-6-7-15-50)57-45(72)25(51)13-14-28-33(62)36(65)40(30(18-59)75-28)78-49-39(68)37(66)41(31(19-60)77-49)79-48-38(67)35(64)34(63)29(17-58)76-48/h9-12,20-22,25-41,48-49,58-68H,5-8,13-19,50-51H2,1-4H3,(H2,52,69)(H,53,73)(H,54,74)(H,55,70)(H,56,71)(H,57,72)/t20?,21-,22-,25+,26-,27-,28-,29+,30+,31+,32-,33-,34-,35-,36+,37+,38+,39+,40+,41-,48+,49-/m0/s1. The van der Waals surface area contributed by atoms with Gasteiger partial charge in [0.2, 0.25) is 35.4 Å². The molecule has 0 bridgehead atoms. The molecular formula is C49H82N8O22. The highest BCUT2D eigenvalue weighted by atomic mass is 16.7. The molecule has 0 radical (unpaired) electrons. The zero-order chi connectivity index (χ0) is 59.0. The van der Waals surface area contributed by atoms with Gasteiger partial charge < -0.3 is 124 Å². The smallest absolute Gasteiger partial charge is 0.243 e. The van der Waals surface area contributed by atoms with Crippen molar-refractivity contribution in [1.29, 1.82) is 0 Å². The van der Waals surface area contributed by atoms with E-state index < -0.39 is 189 Å². The number of aromatic hydroxyl groups is 1. The second-order valence-corrected chi connectivity index (χ2v) is 20.2. The van der Waals surface area contributed by atoms with Gasteiger partial charge in [0.05, 0.1) is 32.0 Å². The van der Waals surface area contributed by atoms with E-state index in [1.165, 1.54) is 38.1 Å². The number of hydrogen-bond acceptors (Lipinski definition) is 24. The number of phenolic OH excluding ortho intramolecular Hbond substituents is 1. The van der Waals surface area contributed by atoms with E-state index in [0.29, 0.717) is 31.4 Å². The second-order valence-electron chi connectivity index (χ2n) is 20.2. The summed E-state index contributed by atoms with van der Waals surface area (Å²) in [4.78, 5) is 79.8. The Labute approximate surface area is 455 Å². The quantitative estimate of drug-likeness (QED) is 0.0331. The molecule has 22 N–H and O–H groups in total. The molecule has 22 atom stereocenters. The first-order valence-corrected chi connectivity index (χ1v) is 26.2. The summed E-state index contributed by atoms with van der Waals surface area (Å²) >= 11 is 0. The summed E-state index contributed by atoms with van der Waals surface area (Å²) in [6, 6.07) is -1.78. The molecule has 3 aliphatic rings. The summed E-state index contributed by atoms with van der Waals surface area (Å²) in [6.45, 7) is 3.89. The predicted octanol–water partition coefficient (Wildman–Crippen LogP) is -8.34. The Morgan fingerprint density at radius 2 is 1.08 bits per heavy atom. The average Bonchev–Trinajstić information content (AvgIpc) is 3.42. The second kappa shape index (κ2) is 31.4. The van der Waals surface area contributed by atoms with E-state index in [1.54, 1.807) is 13.8 Å². The van der Waals surface area contributed by atoms with Gasteiger partial charge in [-0.05, 0) is 76.1 Å². The Morgan fingerprint density at radius 3 is 1.61 bits per heavy atom. The lowest BCUT2D eigenvalue weighted by molar-refractivity contribution is -0.373. The van der Waals surface area contributed by atoms with E-state index in [0.717, 1.165) is 0 Å². The van der Waals surface area contributed by atoms with E-state index >= 15 is 0 Å². The molecule has 6 amide bonds. The molecule has 4 rings (SSSR count). The van der Waals surface area contributed by atoms with Crippen LogP contribution in [0.15, 0.2) is 24.3 Å². The number of aliphatic hydroxyl groups excluding tert-OH is 10. The fourth-order valence-electron chi connectivity index (χ4n) is 9.03. The number of carbonyl (C=O) groups excluding carboxylic acids is 6. The molecule has 0 saturated carbocycles. The summed E-state index contributed by atoms with van der Waals surface area (Å²) in [7, 11) is 0. The van der Waals surface area contributed by atoms with Gasteiger partial charge in [-0.2, -0.15) is 0 Å². The van der Waals surface area contributed by atoms with Crippen molar-refractivity contribution < 1.29 is 109 Å². The number of carbonyl (C=O) groups is 6. The number of primary amides is 1. The molecule has 450 valence electrons. The number of nitrogens with two attached hydrogens (primary N) is 3. The molecule has 3 fully saturated rings. The number of unbranched alkanes of at least 4 members (excludes halogenated alkanes) is 1. The first-order valence-electron chi connectivity index (χ1n) is 26.2. The molecule has 3 saturated heterocycles. The predicted molar refractivity (Wildman–Crippen MR) is 271 cm³/mol. The van der Waals surface area contributed by atoms with Crippen LogP contribution >= 0.6 is 0 Å². The van der Waals surface area contributed by atoms with Gasteiger partial charge in [-0.1, -0.05) is 32.4 Å². The van der Waals surface area contributed by atoms with E-state index in [-0.39, 0.29) is 31.4 Å². The summed E-state index contributed by atoms with van der Waals surface area (Å²) < 4.78 is 28.1. The third kappa shape index (κ3) is 18.1. The van der Waals surface area contributed by atoms with E-state index in [4.69, 9.17) is 40.9 Å². The maximum Gasteiger partial charge on any atom is 0.243 e. The highest BCUT2D eigenvalue weighted by Gasteiger charge is 2.53. The molecule has 30 heteroatoms. The molecule has 1 aromatic rings. The lowest BCUT2D eigenvalue weighted by Gasteiger charge is -2.48. The van der Waals surface area contributed by atoms with Crippen LogP contribution in [0, 0.1) is 5.92 Å². The fraction of sp³-hybridized carbons (Fsp3) is 0.755. The van der Waals surface area contributed by atoms with Crippen LogP contribution in [-0.4, -0.2) is 246 Å². The number of benzene rings is 1. The third-order valence-corrected chi connectivity index (χ3v) is 14.2. The van der Waals surface area contributed by atoms with Crippen LogP contribution in [0.3, 0.4) is 0 Å². The molecule has 0 spiro atoms. The third-order valence-electron chi connectivity index (χ3n) is 14.2. The van der Waals surface area contributed by atoms with Crippen LogP contribution in [0.2, 0.25) is 0 Å². The van der Waals surface area contributed by atoms with E-state index in [9.17, 15) is 84.9 Å². The largest absolute Gasteiger partial charge is 0.508 e. The van der Waals surface area contributed by atoms with Crippen molar-refractivity contribution in [2.24, 2.45) is 23.1 Å². The van der Waals surface area contributed by atoms with Crippen LogP contribution in [-0.2, 0) is 58.9 Å². The number of amides is 6. The number of ether oxygens (including phenoxy) is 5. The van der Waals surface area contributed by atoms with Crippen molar-refractivity contribution >= 4 is 35.4 Å².